The molecule has 0 spiro atoms. The van der Waals surface area contributed by atoms with Gasteiger partial charge in [-0.1, -0.05) is 42.3 Å². The third-order valence-electron chi connectivity index (χ3n) is 3.55. The van der Waals surface area contributed by atoms with Crippen LogP contribution < -0.4 is 0 Å². The molecular weight excluding hydrogens is 255 g/mol. The zero-order chi connectivity index (χ0) is 12.4. The van der Waals surface area contributed by atoms with Gasteiger partial charge in [-0.15, -0.1) is 0 Å². The zero-order valence-corrected chi connectivity index (χ0v) is 11.4. The average molecular weight is 271 g/mol. The highest BCUT2D eigenvalue weighted by atomic mass is 35.5. The molecule has 0 aromatic heterocycles. The summed E-state index contributed by atoms with van der Waals surface area (Å²) < 4.78 is 0. The SMILES string of the molecule is CC1CCC(C(=O)Cc2cccc(Cl)c2Cl)C1. The highest BCUT2D eigenvalue weighted by Gasteiger charge is 2.27. The van der Waals surface area contributed by atoms with E-state index < -0.39 is 0 Å². The minimum atomic E-state index is 0.222. The second-order valence-corrected chi connectivity index (χ2v) is 5.76. The molecule has 3 heteroatoms. The van der Waals surface area contributed by atoms with Crippen molar-refractivity contribution in [2.45, 2.75) is 32.6 Å². The molecule has 0 heterocycles. The molecular formula is C14H16Cl2O. The van der Waals surface area contributed by atoms with Gasteiger partial charge in [-0.2, -0.15) is 0 Å². The largest absolute Gasteiger partial charge is 0.299 e. The Balaban J connectivity index is 2.06. The van der Waals surface area contributed by atoms with Gasteiger partial charge in [0.05, 0.1) is 10.0 Å². The number of carbonyl (C=O) groups is 1. The Labute approximate surface area is 112 Å². The predicted molar refractivity (Wildman–Crippen MR) is 71.7 cm³/mol. The molecule has 0 N–H and O–H groups in total. The lowest BCUT2D eigenvalue weighted by Crippen LogP contribution is -2.14. The number of hydrogen-bond donors (Lipinski definition) is 0. The molecule has 1 fully saturated rings. The van der Waals surface area contributed by atoms with Crippen LogP contribution in [0.3, 0.4) is 0 Å². The molecule has 0 amide bonds. The Morgan fingerprint density at radius 2 is 2.12 bits per heavy atom. The second-order valence-electron chi connectivity index (χ2n) is 4.97. The van der Waals surface area contributed by atoms with Crippen molar-refractivity contribution in [1.29, 1.82) is 0 Å². The summed E-state index contributed by atoms with van der Waals surface area (Å²) in [6.45, 7) is 2.21. The summed E-state index contributed by atoms with van der Waals surface area (Å²) in [4.78, 5) is 12.1. The van der Waals surface area contributed by atoms with Gasteiger partial charge in [0.15, 0.2) is 0 Å². The Bertz CT molecular complexity index is 428. The fourth-order valence-corrected chi connectivity index (χ4v) is 2.90. The number of benzene rings is 1. The normalized spacial score (nSPS) is 23.9. The summed E-state index contributed by atoms with van der Waals surface area (Å²) in [7, 11) is 0. The minimum Gasteiger partial charge on any atom is -0.299 e. The number of rotatable bonds is 3. The molecule has 0 saturated heterocycles. The Morgan fingerprint density at radius 3 is 2.76 bits per heavy atom. The molecule has 0 bridgehead atoms. The average Bonchev–Trinajstić information content (AvgIpc) is 2.72. The third kappa shape index (κ3) is 3.02. The fraction of sp³-hybridized carbons (Fsp3) is 0.500. The number of halogens is 2. The van der Waals surface area contributed by atoms with Gasteiger partial charge in [0.1, 0.15) is 5.78 Å². The van der Waals surface area contributed by atoms with Crippen LogP contribution in [0.1, 0.15) is 31.7 Å². The van der Waals surface area contributed by atoms with Gasteiger partial charge in [-0.3, -0.25) is 4.79 Å². The van der Waals surface area contributed by atoms with Crippen LogP contribution in [-0.4, -0.2) is 5.78 Å². The molecule has 1 aromatic carbocycles. The van der Waals surface area contributed by atoms with Crippen molar-refractivity contribution in [2.75, 3.05) is 0 Å². The molecule has 17 heavy (non-hydrogen) atoms. The van der Waals surface area contributed by atoms with E-state index in [4.69, 9.17) is 23.2 Å². The molecule has 2 rings (SSSR count). The quantitative estimate of drug-likeness (QED) is 0.788. The van der Waals surface area contributed by atoms with E-state index in [-0.39, 0.29) is 5.92 Å². The summed E-state index contributed by atoms with van der Waals surface area (Å²) in [6, 6.07) is 5.47. The lowest BCUT2D eigenvalue weighted by atomic mass is 9.96. The van der Waals surface area contributed by atoms with Gasteiger partial charge in [0.2, 0.25) is 0 Å². The van der Waals surface area contributed by atoms with Crippen LogP contribution in [0.25, 0.3) is 0 Å². The van der Waals surface area contributed by atoms with Gasteiger partial charge in [-0.05, 0) is 36.8 Å². The number of carbonyl (C=O) groups excluding carboxylic acids is 1. The highest BCUT2D eigenvalue weighted by molar-refractivity contribution is 6.42. The van der Waals surface area contributed by atoms with Crippen LogP contribution in [-0.2, 0) is 11.2 Å². The maximum atomic E-state index is 12.1. The minimum absolute atomic E-state index is 0.222. The van der Waals surface area contributed by atoms with E-state index in [9.17, 15) is 4.79 Å². The summed E-state index contributed by atoms with van der Waals surface area (Å²) >= 11 is 12.0. The molecule has 2 atom stereocenters. The van der Waals surface area contributed by atoms with Crippen LogP contribution in [0.2, 0.25) is 10.0 Å². The van der Waals surface area contributed by atoms with E-state index in [2.05, 4.69) is 6.92 Å². The maximum absolute atomic E-state index is 12.1. The van der Waals surface area contributed by atoms with Gasteiger partial charge in [0.25, 0.3) is 0 Å². The number of ketones is 1. The van der Waals surface area contributed by atoms with E-state index in [0.29, 0.717) is 28.2 Å². The third-order valence-corrected chi connectivity index (χ3v) is 4.40. The first-order valence-electron chi connectivity index (χ1n) is 6.03. The summed E-state index contributed by atoms with van der Waals surface area (Å²) in [5.41, 5.74) is 0.851. The molecule has 1 nitrogen and oxygen atoms in total. The van der Waals surface area contributed by atoms with Gasteiger partial charge >= 0.3 is 0 Å². The van der Waals surface area contributed by atoms with Crippen LogP contribution >= 0.6 is 23.2 Å². The van der Waals surface area contributed by atoms with E-state index in [1.165, 1.54) is 6.42 Å². The summed E-state index contributed by atoms with van der Waals surface area (Å²) in [5, 5.41) is 1.05. The topological polar surface area (TPSA) is 17.1 Å². The van der Waals surface area contributed by atoms with Crippen molar-refractivity contribution < 1.29 is 4.79 Å². The zero-order valence-electron chi connectivity index (χ0n) is 9.88. The lowest BCUT2D eigenvalue weighted by molar-refractivity contribution is -0.122. The molecule has 0 aliphatic heterocycles. The van der Waals surface area contributed by atoms with Crippen molar-refractivity contribution in [3.8, 4) is 0 Å². The van der Waals surface area contributed by atoms with Crippen LogP contribution in [0.5, 0.6) is 0 Å². The lowest BCUT2D eigenvalue weighted by Gasteiger charge is -2.10. The van der Waals surface area contributed by atoms with Crippen molar-refractivity contribution >= 4 is 29.0 Å². The summed E-state index contributed by atoms with van der Waals surface area (Å²) in [6.07, 6.45) is 3.63. The van der Waals surface area contributed by atoms with Crippen LogP contribution in [0, 0.1) is 11.8 Å². The molecule has 1 aliphatic rings. The van der Waals surface area contributed by atoms with E-state index in [1.807, 2.05) is 12.1 Å². The molecule has 1 aromatic rings. The first-order chi connectivity index (χ1) is 8.08. The van der Waals surface area contributed by atoms with E-state index >= 15 is 0 Å². The summed E-state index contributed by atoms with van der Waals surface area (Å²) in [5.74, 6) is 1.21. The van der Waals surface area contributed by atoms with Crippen molar-refractivity contribution in [1.82, 2.24) is 0 Å². The first kappa shape index (κ1) is 12.9. The smallest absolute Gasteiger partial charge is 0.140 e. The number of hydrogen-bond acceptors (Lipinski definition) is 1. The van der Waals surface area contributed by atoms with Crippen molar-refractivity contribution in [3.05, 3.63) is 33.8 Å². The molecule has 1 aliphatic carbocycles. The van der Waals surface area contributed by atoms with Crippen molar-refractivity contribution in [3.63, 3.8) is 0 Å². The number of Topliss-reactive ketones (excluding diaryl/α,β-unsaturated/α-hetero) is 1. The molecule has 0 radical (unpaired) electrons. The Hall–Kier alpha value is -0.530. The van der Waals surface area contributed by atoms with Crippen LogP contribution in [0.15, 0.2) is 18.2 Å². The maximum Gasteiger partial charge on any atom is 0.140 e. The van der Waals surface area contributed by atoms with Crippen LogP contribution in [0.4, 0.5) is 0 Å². The Morgan fingerprint density at radius 1 is 1.35 bits per heavy atom. The van der Waals surface area contributed by atoms with E-state index in [1.54, 1.807) is 6.07 Å². The molecule has 92 valence electrons. The monoisotopic (exact) mass is 270 g/mol. The van der Waals surface area contributed by atoms with Gasteiger partial charge in [-0.25, -0.2) is 0 Å². The fourth-order valence-electron chi connectivity index (χ4n) is 2.52. The van der Waals surface area contributed by atoms with Crippen molar-refractivity contribution in [2.24, 2.45) is 11.8 Å². The molecule has 2 unspecified atom stereocenters. The highest BCUT2D eigenvalue weighted by Crippen LogP contribution is 2.33. The predicted octanol–water partition coefficient (Wildman–Crippen LogP) is 4.54. The van der Waals surface area contributed by atoms with Gasteiger partial charge < -0.3 is 0 Å². The first-order valence-corrected chi connectivity index (χ1v) is 6.79. The van der Waals surface area contributed by atoms with Gasteiger partial charge in [0, 0.05) is 12.3 Å². The standard InChI is InChI=1S/C14H16Cl2O/c1-9-5-6-10(7-9)13(17)8-11-3-2-4-12(15)14(11)16/h2-4,9-10H,5-8H2,1H3. The molecule has 1 saturated carbocycles. The second kappa shape index (κ2) is 5.41. The van der Waals surface area contributed by atoms with E-state index in [0.717, 1.165) is 18.4 Å². The Kier molecular flexibility index (Phi) is 4.11.